The zero-order valence-electron chi connectivity index (χ0n) is 20.9. The predicted octanol–water partition coefficient (Wildman–Crippen LogP) is 7.09. The van der Waals surface area contributed by atoms with E-state index in [2.05, 4.69) is 0 Å². The summed E-state index contributed by atoms with van der Waals surface area (Å²) >= 11 is 12.5. The highest BCUT2D eigenvalue weighted by Gasteiger charge is 2.61. The van der Waals surface area contributed by atoms with E-state index in [9.17, 15) is 9.59 Å². The van der Waals surface area contributed by atoms with Gasteiger partial charge in [-0.2, -0.15) is 0 Å². The minimum Gasteiger partial charge on any atom is -0.494 e. The molecule has 2 fully saturated rings. The third-order valence-electron chi connectivity index (χ3n) is 6.81. The van der Waals surface area contributed by atoms with Crippen LogP contribution in [0, 0.1) is 5.92 Å². The monoisotopic (exact) mass is 562 g/mol. The number of furan rings is 1. The lowest BCUT2D eigenvalue weighted by molar-refractivity contribution is -0.126. The van der Waals surface area contributed by atoms with Gasteiger partial charge in [0.05, 0.1) is 23.0 Å². The Hall–Kier alpha value is -3.78. The first kappa shape index (κ1) is 25.5. The van der Waals surface area contributed by atoms with Crippen molar-refractivity contribution in [1.82, 2.24) is 0 Å². The molecule has 2 saturated heterocycles. The van der Waals surface area contributed by atoms with Crippen LogP contribution in [0.5, 0.6) is 5.75 Å². The van der Waals surface area contributed by atoms with E-state index < -0.39 is 24.0 Å². The van der Waals surface area contributed by atoms with E-state index in [0.29, 0.717) is 50.9 Å². The molecule has 0 unspecified atom stereocenters. The number of rotatable bonds is 7. The Morgan fingerprint density at radius 1 is 0.872 bits per heavy atom. The number of hydroxylamine groups is 1. The van der Waals surface area contributed by atoms with Crippen LogP contribution in [-0.4, -0.2) is 24.5 Å². The number of carbonyl (C=O) groups excluding carboxylic acids is 2. The molecule has 3 heterocycles. The lowest BCUT2D eigenvalue weighted by Crippen LogP contribution is -2.37. The van der Waals surface area contributed by atoms with Crippen LogP contribution in [0.2, 0.25) is 10.0 Å². The molecule has 3 atom stereocenters. The van der Waals surface area contributed by atoms with Crippen LogP contribution in [0.25, 0.3) is 11.3 Å². The maximum atomic E-state index is 13.9. The summed E-state index contributed by atoms with van der Waals surface area (Å²) in [7, 11) is 0. The molecule has 39 heavy (non-hydrogen) atoms. The molecule has 6 rings (SSSR count). The van der Waals surface area contributed by atoms with Crippen LogP contribution in [0.15, 0.2) is 89.3 Å². The summed E-state index contributed by atoms with van der Waals surface area (Å²) in [5.74, 6) is 0.0427. The van der Waals surface area contributed by atoms with Gasteiger partial charge in [0.1, 0.15) is 29.2 Å². The number of hydrogen-bond donors (Lipinski definition) is 0. The number of hydrogen-bond acceptors (Lipinski definition) is 6. The van der Waals surface area contributed by atoms with Gasteiger partial charge in [-0.1, -0.05) is 48.3 Å². The molecule has 4 aromatic rings. The van der Waals surface area contributed by atoms with E-state index in [0.717, 1.165) is 6.42 Å². The Labute approximate surface area is 235 Å². The van der Waals surface area contributed by atoms with E-state index in [-0.39, 0.29) is 5.91 Å². The first-order valence-corrected chi connectivity index (χ1v) is 13.4. The van der Waals surface area contributed by atoms with Gasteiger partial charge in [0.15, 0.2) is 6.10 Å². The van der Waals surface area contributed by atoms with Crippen molar-refractivity contribution >= 4 is 46.4 Å². The molecule has 2 aliphatic rings. The fourth-order valence-electron chi connectivity index (χ4n) is 5.01. The molecule has 0 N–H and O–H groups in total. The molecular formula is C30H24Cl2N2O5. The van der Waals surface area contributed by atoms with Crippen LogP contribution >= 0.6 is 23.2 Å². The molecule has 0 spiro atoms. The van der Waals surface area contributed by atoms with Gasteiger partial charge >= 0.3 is 0 Å². The van der Waals surface area contributed by atoms with Gasteiger partial charge in [0, 0.05) is 10.6 Å². The molecular weight excluding hydrogens is 539 g/mol. The molecule has 9 heteroatoms. The third kappa shape index (κ3) is 4.56. The number of nitrogens with zero attached hydrogens (tertiary/aromatic N) is 2. The molecule has 3 aromatic carbocycles. The lowest BCUT2D eigenvalue weighted by atomic mass is 9.94. The summed E-state index contributed by atoms with van der Waals surface area (Å²) in [6.07, 6.45) is -0.129. The predicted molar refractivity (Wildman–Crippen MR) is 149 cm³/mol. The molecule has 198 valence electrons. The molecule has 7 nitrogen and oxygen atoms in total. The molecule has 1 aromatic heterocycles. The standard InChI is InChI=1S/C30H24Cl2N2O5/c1-2-16-37-21-11-9-19(10-12-21)33-29(35)26-27(34(39-28(26)30(33)36)20-6-4-3-5-7-20)25-15-14-24(38-25)22-13-8-18(31)17-23(22)32/h3-15,17,26-28H,2,16H2,1H3/t26-,27+,28+/m1/s1. The Morgan fingerprint density at radius 3 is 2.36 bits per heavy atom. The number of fused-ring (bicyclic) bond motifs is 1. The Bertz CT molecular complexity index is 1520. The highest BCUT2D eigenvalue weighted by atomic mass is 35.5. The number of ether oxygens (including phenoxy) is 1. The molecule has 0 saturated carbocycles. The summed E-state index contributed by atoms with van der Waals surface area (Å²) in [4.78, 5) is 34.8. The fraction of sp³-hybridized carbons (Fsp3) is 0.200. The summed E-state index contributed by atoms with van der Waals surface area (Å²) in [6, 6.07) is 24.3. The molecule has 2 aliphatic heterocycles. The maximum absolute atomic E-state index is 13.9. The second-order valence-corrected chi connectivity index (χ2v) is 10.2. The summed E-state index contributed by atoms with van der Waals surface area (Å²) in [6.45, 7) is 2.61. The van der Waals surface area contributed by atoms with Gasteiger partial charge in [-0.25, -0.2) is 9.96 Å². The summed E-state index contributed by atoms with van der Waals surface area (Å²) in [5.41, 5.74) is 1.82. The van der Waals surface area contributed by atoms with Crippen LogP contribution in [0.1, 0.15) is 25.1 Å². The van der Waals surface area contributed by atoms with Crippen LogP contribution in [0.3, 0.4) is 0 Å². The van der Waals surface area contributed by atoms with E-state index in [1.807, 2.05) is 37.3 Å². The highest BCUT2D eigenvalue weighted by Crippen LogP contribution is 2.48. The molecule has 2 amide bonds. The Balaban J connectivity index is 1.36. The summed E-state index contributed by atoms with van der Waals surface area (Å²) in [5, 5.41) is 2.54. The van der Waals surface area contributed by atoms with E-state index >= 15 is 0 Å². The smallest absolute Gasteiger partial charge is 0.266 e. The minimum atomic E-state index is -1.01. The van der Waals surface area contributed by atoms with Crippen LogP contribution in [0.4, 0.5) is 11.4 Å². The summed E-state index contributed by atoms with van der Waals surface area (Å²) < 4.78 is 11.9. The number of halogens is 2. The molecule has 0 bridgehead atoms. The average Bonchev–Trinajstić information content (AvgIpc) is 3.63. The number of amides is 2. The van der Waals surface area contributed by atoms with Gasteiger partial charge in [0.25, 0.3) is 5.91 Å². The quantitative estimate of drug-likeness (QED) is 0.224. The third-order valence-corrected chi connectivity index (χ3v) is 7.36. The zero-order valence-corrected chi connectivity index (χ0v) is 22.4. The van der Waals surface area contributed by atoms with Crippen molar-refractivity contribution in [1.29, 1.82) is 0 Å². The second kappa shape index (κ2) is 10.4. The Kier molecular flexibility index (Phi) is 6.81. The molecule has 0 aliphatic carbocycles. The van der Waals surface area contributed by atoms with E-state index in [4.69, 9.17) is 37.2 Å². The number of anilines is 2. The van der Waals surface area contributed by atoms with Crippen molar-refractivity contribution in [2.75, 3.05) is 16.6 Å². The first-order valence-electron chi connectivity index (χ1n) is 12.6. The van der Waals surface area contributed by atoms with Crippen LogP contribution < -0.4 is 14.7 Å². The first-order chi connectivity index (χ1) is 19.0. The van der Waals surface area contributed by atoms with Crippen molar-refractivity contribution in [3.05, 3.63) is 101 Å². The van der Waals surface area contributed by atoms with Crippen LogP contribution in [-0.2, 0) is 14.4 Å². The highest BCUT2D eigenvalue weighted by molar-refractivity contribution is 6.36. The van der Waals surface area contributed by atoms with E-state index in [1.54, 1.807) is 59.7 Å². The fourth-order valence-corrected chi connectivity index (χ4v) is 5.52. The lowest BCUT2D eigenvalue weighted by Gasteiger charge is -2.27. The van der Waals surface area contributed by atoms with Crippen molar-refractivity contribution in [3.63, 3.8) is 0 Å². The minimum absolute atomic E-state index is 0.363. The van der Waals surface area contributed by atoms with Gasteiger partial charge in [-0.05, 0) is 73.2 Å². The number of para-hydroxylation sites is 1. The largest absolute Gasteiger partial charge is 0.494 e. The van der Waals surface area contributed by atoms with E-state index in [1.165, 1.54) is 4.90 Å². The van der Waals surface area contributed by atoms with Gasteiger partial charge in [-0.15, -0.1) is 0 Å². The Morgan fingerprint density at radius 2 is 1.64 bits per heavy atom. The maximum Gasteiger partial charge on any atom is 0.266 e. The van der Waals surface area contributed by atoms with Crippen molar-refractivity contribution < 1.29 is 23.6 Å². The van der Waals surface area contributed by atoms with Gasteiger partial charge in [-0.3, -0.25) is 14.4 Å². The topological polar surface area (TPSA) is 72.2 Å². The van der Waals surface area contributed by atoms with Crippen molar-refractivity contribution in [3.8, 4) is 17.1 Å². The van der Waals surface area contributed by atoms with Gasteiger partial charge in [0.2, 0.25) is 5.91 Å². The van der Waals surface area contributed by atoms with Crippen molar-refractivity contribution in [2.24, 2.45) is 5.92 Å². The normalized spacial score (nSPS) is 20.5. The second-order valence-electron chi connectivity index (χ2n) is 9.34. The number of benzene rings is 3. The molecule has 0 radical (unpaired) electrons. The average molecular weight is 563 g/mol. The SMILES string of the molecule is CCCOc1ccc(N2C(=O)[C@H]3[C@H](ON(c4ccccc4)[C@H]3c3ccc(-c4ccc(Cl)cc4Cl)o3)C2=O)cc1. The van der Waals surface area contributed by atoms with Gasteiger partial charge < -0.3 is 9.15 Å². The number of imide groups is 1. The zero-order chi connectivity index (χ0) is 27.1. The number of carbonyl (C=O) groups is 2. The van der Waals surface area contributed by atoms with Crippen molar-refractivity contribution in [2.45, 2.75) is 25.5 Å².